The van der Waals surface area contributed by atoms with Gasteiger partial charge in [-0.15, -0.1) is 11.3 Å². The van der Waals surface area contributed by atoms with E-state index in [0.717, 1.165) is 24.8 Å². The predicted octanol–water partition coefficient (Wildman–Crippen LogP) is 3.94. The van der Waals surface area contributed by atoms with Gasteiger partial charge in [-0.1, -0.05) is 23.7 Å². The van der Waals surface area contributed by atoms with Gasteiger partial charge in [0.15, 0.2) is 0 Å². The average molecular weight is 313 g/mol. The highest BCUT2D eigenvalue weighted by atomic mass is 35.5. The summed E-state index contributed by atoms with van der Waals surface area (Å²) >= 11 is 7.45. The molecule has 2 aromatic rings. The van der Waals surface area contributed by atoms with Crippen LogP contribution in [0.2, 0.25) is 5.02 Å². The van der Waals surface area contributed by atoms with Crippen molar-refractivity contribution >= 4 is 22.9 Å². The number of nitrogens with one attached hydrogen (secondary N) is 1. The van der Waals surface area contributed by atoms with Gasteiger partial charge in [0.2, 0.25) is 0 Å². The van der Waals surface area contributed by atoms with Crippen LogP contribution in [-0.4, -0.2) is 6.04 Å². The van der Waals surface area contributed by atoms with Gasteiger partial charge in [-0.2, -0.15) is 0 Å². The van der Waals surface area contributed by atoms with Gasteiger partial charge in [0.25, 0.3) is 0 Å². The fraction of sp³-hybridized carbons (Fsp3) is 0.333. The molecule has 0 fully saturated rings. The van der Waals surface area contributed by atoms with E-state index in [4.69, 9.17) is 17.4 Å². The Labute approximate surface area is 127 Å². The normalized spacial score (nSPS) is 12.6. The molecule has 1 unspecified atom stereocenters. The summed E-state index contributed by atoms with van der Waals surface area (Å²) < 4.78 is 13.4. The van der Waals surface area contributed by atoms with Crippen molar-refractivity contribution in [2.45, 2.75) is 31.7 Å². The lowest BCUT2D eigenvalue weighted by molar-refractivity contribution is 0.476. The van der Waals surface area contributed by atoms with E-state index in [0.29, 0.717) is 6.42 Å². The highest BCUT2D eigenvalue weighted by molar-refractivity contribution is 7.09. The second-order valence-electron chi connectivity index (χ2n) is 4.79. The van der Waals surface area contributed by atoms with Gasteiger partial charge in [0.05, 0.1) is 5.02 Å². The van der Waals surface area contributed by atoms with Crippen molar-refractivity contribution < 1.29 is 4.39 Å². The van der Waals surface area contributed by atoms with Crippen LogP contribution in [0.15, 0.2) is 35.7 Å². The first-order valence-corrected chi connectivity index (χ1v) is 7.87. The second kappa shape index (κ2) is 7.74. The second-order valence-corrected chi connectivity index (χ2v) is 6.23. The molecule has 0 aliphatic heterocycles. The first kappa shape index (κ1) is 15.4. The fourth-order valence-electron chi connectivity index (χ4n) is 2.17. The molecule has 0 saturated carbocycles. The molecule has 0 amide bonds. The van der Waals surface area contributed by atoms with E-state index < -0.39 is 0 Å². The Morgan fingerprint density at radius 3 is 2.85 bits per heavy atom. The SMILES string of the molecule is NNC(CCCc1cccs1)Cc1ccc(Cl)c(F)c1. The predicted molar refractivity (Wildman–Crippen MR) is 83.5 cm³/mol. The molecule has 1 aromatic heterocycles. The summed E-state index contributed by atoms with van der Waals surface area (Å²) in [5, 5.41) is 2.24. The Morgan fingerprint density at radius 1 is 1.35 bits per heavy atom. The van der Waals surface area contributed by atoms with E-state index in [9.17, 15) is 4.39 Å². The lowest BCUT2D eigenvalue weighted by Gasteiger charge is -2.15. The van der Waals surface area contributed by atoms with E-state index in [1.807, 2.05) is 6.07 Å². The molecule has 0 spiro atoms. The van der Waals surface area contributed by atoms with E-state index in [1.165, 1.54) is 10.9 Å². The summed E-state index contributed by atoms with van der Waals surface area (Å²) in [6.45, 7) is 0. The van der Waals surface area contributed by atoms with Crippen LogP contribution >= 0.6 is 22.9 Å². The fourth-order valence-corrected chi connectivity index (χ4v) is 3.04. The molecule has 1 heterocycles. The molecule has 3 N–H and O–H groups in total. The molecule has 0 saturated heterocycles. The molecule has 2 rings (SSSR count). The third-order valence-electron chi connectivity index (χ3n) is 3.26. The van der Waals surface area contributed by atoms with Crippen LogP contribution in [0.1, 0.15) is 23.3 Å². The molecule has 0 aliphatic rings. The molecular weight excluding hydrogens is 295 g/mol. The number of hydrazine groups is 1. The lowest BCUT2D eigenvalue weighted by Crippen LogP contribution is -2.36. The molecule has 1 atom stereocenters. The maximum Gasteiger partial charge on any atom is 0.142 e. The van der Waals surface area contributed by atoms with Gasteiger partial charge in [0, 0.05) is 10.9 Å². The standard InChI is InChI=1S/C15H18ClFN2S/c16-14-7-6-11(10-15(14)17)9-12(19-18)3-1-4-13-5-2-8-20-13/h2,5-8,10,12,19H,1,3-4,9,18H2. The van der Waals surface area contributed by atoms with Crippen molar-refractivity contribution in [3.63, 3.8) is 0 Å². The van der Waals surface area contributed by atoms with Gasteiger partial charge in [0.1, 0.15) is 5.82 Å². The number of nitrogens with two attached hydrogens (primary N) is 1. The lowest BCUT2D eigenvalue weighted by atomic mass is 10.0. The van der Waals surface area contributed by atoms with E-state index in [1.54, 1.807) is 17.4 Å². The van der Waals surface area contributed by atoms with Crippen molar-refractivity contribution in [2.75, 3.05) is 0 Å². The van der Waals surface area contributed by atoms with E-state index in [2.05, 4.69) is 22.9 Å². The summed E-state index contributed by atoms with van der Waals surface area (Å²) in [7, 11) is 0. The minimum Gasteiger partial charge on any atom is -0.271 e. The van der Waals surface area contributed by atoms with Gasteiger partial charge in [-0.05, 0) is 54.8 Å². The average Bonchev–Trinajstić information content (AvgIpc) is 2.95. The summed E-state index contributed by atoms with van der Waals surface area (Å²) in [4.78, 5) is 1.39. The molecule has 1 aromatic carbocycles. The molecule has 5 heteroatoms. The monoisotopic (exact) mass is 312 g/mol. The first-order chi connectivity index (χ1) is 9.69. The maximum atomic E-state index is 13.4. The minimum absolute atomic E-state index is 0.149. The van der Waals surface area contributed by atoms with Crippen LogP contribution in [0, 0.1) is 5.82 Å². The number of thiophene rings is 1. The van der Waals surface area contributed by atoms with Crippen molar-refractivity contribution in [1.82, 2.24) is 5.43 Å². The Hall–Kier alpha value is -0.940. The zero-order chi connectivity index (χ0) is 14.4. The van der Waals surface area contributed by atoms with Crippen molar-refractivity contribution in [1.29, 1.82) is 0 Å². The summed E-state index contributed by atoms with van der Waals surface area (Å²) in [6, 6.07) is 9.27. The molecule has 0 aliphatic carbocycles. The highest BCUT2D eigenvalue weighted by Gasteiger charge is 2.09. The van der Waals surface area contributed by atoms with Gasteiger partial charge in [-0.3, -0.25) is 11.3 Å². The molecule has 20 heavy (non-hydrogen) atoms. The minimum atomic E-state index is -0.376. The Morgan fingerprint density at radius 2 is 2.20 bits per heavy atom. The topological polar surface area (TPSA) is 38.0 Å². The third kappa shape index (κ3) is 4.56. The van der Waals surface area contributed by atoms with Crippen LogP contribution in [0.5, 0.6) is 0 Å². The Kier molecular flexibility index (Phi) is 5.98. The molecule has 2 nitrogen and oxygen atoms in total. The highest BCUT2D eigenvalue weighted by Crippen LogP contribution is 2.18. The number of hydrogen-bond donors (Lipinski definition) is 2. The Bertz CT molecular complexity index is 531. The number of rotatable bonds is 7. The van der Waals surface area contributed by atoms with Crippen LogP contribution < -0.4 is 11.3 Å². The number of aryl methyl sites for hydroxylation is 1. The zero-order valence-corrected chi connectivity index (χ0v) is 12.7. The molecule has 108 valence electrons. The van der Waals surface area contributed by atoms with Gasteiger partial charge < -0.3 is 0 Å². The molecule has 0 bridgehead atoms. The van der Waals surface area contributed by atoms with Crippen molar-refractivity contribution in [2.24, 2.45) is 5.84 Å². The van der Waals surface area contributed by atoms with Crippen molar-refractivity contribution in [3.05, 3.63) is 57.0 Å². The van der Waals surface area contributed by atoms with E-state index in [-0.39, 0.29) is 16.9 Å². The van der Waals surface area contributed by atoms with Crippen LogP contribution in [0.4, 0.5) is 4.39 Å². The van der Waals surface area contributed by atoms with Crippen molar-refractivity contribution in [3.8, 4) is 0 Å². The number of benzene rings is 1. The number of hydrogen-bond acceptors (Lipinski definition) is 3. The first-order valence-electron chi connectivity index (χ1n) is 6.61. The van der Waals surface area contributed by atoms with Gasteiger partial charge >= 0.3 is 0 Å². The van der Waals surface area contributed by atoms with E-state index >= 15 is 0 Å². The summed E-state index contributed by atoms with van der Waals surface area (Å²) in [6.07, 6.45) is 3.78. The third-order valence-corrected chi connectivity index (χ3v) is 4.50. The van der Waals surface area contributed by atoms with Gasteiger partial charge in [-0.25, -0.2) is 4.39 Å². The molecule has 0 radical (unpaired) electrons. The quantitative estimate of drug-likeness (QED) is 0.600. The Balaban J connectivity index is 1.83. The maximum absolute atomic E-state index is 13.4. The zero-order valence-electron chi connectivity index (χ0n) is 11.1. The number of halogens is 2. The van der Waals surface area contributed by atoms with Crippen LogP contribution in [-0.2, 0) is 12.8 Å². The summed E-state index contributed by atoms with van der Waals surface area (Å²) in [5.74, 6) is 5.20. The summed E-state index contributed by atoms with van der Waals surface area (Å²) in [5.41, 5.74) is 3.72. The van der Waals surface area contributed by atoms with Crippen LogP contribution in [0.3, 0.4) is 0 Å². The molecular formula is C15H18ClFN2S. The smallest absolute Gasteiger partial charge is 0.142 e. The van der Waals surface area contributed by atoms with Crippen LogP contribution in [0.25, 0.3) is 0 Å². The largest absolute Gasteiger partial charge is 0.271 e.